The lowest BCUT2D eigenvalue weighted by Gasteiger charge is -2.14. The zero-order chi connectivity index (χ0) is 14.6. The molecule has 1 aromatic carbocycles. The maximum absolute atomic E-state index is 12.1. The first-order chi connectivity index (χ1) is 8.81. The molecule has 0 amide bonds. The van der Waals surface area contributed by atoms with E-state index >= 15 is 0 Å². The van der Waals surface area contributed by atoms with Crippen LogP contribution in [-0.2, 0) is 14.8 Å². The largest absolute Gasteiger partial charge is 0.465 e. The first kappa shape index (κ1) is 15.6. The highest BCUT2D eigenvalue weighted by Gasteiger charge is 2.21. The number of sulfonamides is 1. The van der Waals surface area contributed by atoms with Crippen molar-refractivity contribution in [1.29, 1.82) is 0 Å². The number of aryl methyl sites for hydroxylation is 1. The van der Waals surface area contributed by atoms with Crippen molar-refractivity contribution in [2.45, 2.75) is 24.8 Å². The van der Waals surface area contributed by atoms with Crippen LogP contribution in [0.25, 0.3) is 0 Å². The van der Waals surface area contributed by atoms with E-state index in [4.69, 9.17) is 5.11 Å². The number of hydrogen-bond acceptors (Lipinski definition) is 5. The minimum absolute atomic E-state index is 0.00398. The summed E-state index contributed by atoms with van der Waals surface area (Å²) in [6.07, 6.45) is 0. The van der Waals surface area contributed by atoms with E-state index in [1.807, 2.05) is 0 Å². The second-order valence-electron chi connectivity index (χ2n) is 4.18. The first-order valence-electron chi connectivity index (χ1n) is 5.64. The second-order valence-corrected chi connectivity index (χ2v) is 5.86. The molecule has 0 unspecified atom stereocenters. The molecule has 1 rings (SSSR count). The minimum atomic E-state index is -3.78. The molecule has 0 heterocycles. The summed E-state index contributed by atoms with van der Waals surface area (Å²) in [6.45, 7) is 2.85. The standard InChI is InChI=1S/C12H17NO5S/c1-8-4-5-10(12(15)18-3)6-11(8)19(16,17)13-9(2)7-14/h4-6,9,13-14H,7H2,1-3H3/t9-/m1/s1. The number of aliphatic hydroxyl groups is 1. The minimum Gasteiger partial charge on any atom is -0.465 e. The SMILES string of the molecule is COC(=O)c1ccc(C)c(S(=O)(=O)N[C@H](C)CO)c1. The fraction of sp³-hybridized carbons (Fsp3) is 0.417. The number of benzene rings is 1. The molecule has 1 atom stereocenters. The van der Waals surface area contributed by atoms with Crippen molar-refractivity contribution in [1.82, 2.24) is 4.72 Å². The molecule has 0 fully saturated rings. The molecular formula is C12H17NO5S. The highest BCUT2D eigenvalue weighted by Crippen LogP contribution is 2.18. The van der Waals surface area contributed by atoms with Gasteiger partial charge in [-0.2, -0.15) is 0 Å². The van der Waals surface area contributed by atoms with E-state index in [1.54, 1.807) is 6.92 Å². The molecule has 2 N–H and O–H groups in total. The topological polar surface area (TPSA) is 92.7 Å². The van der Waals surface area contributed by atoms with Crippen molar-refractivity contribution >= 4 is 16.0 Å². The number of hydrogen-bond donors (Lipinski definition) is 2. The van der Waals surface area contributed by atoms with Crippen LogP contribution in [0.1, 0.15) is 22.8 Å². The van der Waals surface area contributed by atoms with Crippen molar-refractivity contribution in [3.63, 3.8) is 0 Å². The average Bonchev–Trinajstić information content (AvgIpc) is 2.37. The molecule has 0 spiro atoms. The number of aliphatic hydroxyl groups excluding tert-OH is 1. The van der Waals surface area contributed by atoms with Crippen LogP contribution >= 0.6 is 0 Å². The molecule has 7 heteroatoms. The predicted molar refractivity (Wildman–Crippen MR) is 69.4 cm³/mol. The quantitative estimate of drug-likeness (QED) is 0.767. The van der Waals surface area contributed by atoms with E-state index < -0.39 is 22.0 Å². The van der Waals surface area contributed by atoms with Gasteiger partial charge in [-0.15, -0.1) is 0 Å². The second kappa shape index (κ2) is 6.14. The zero-order valence-electron chi connectivity index (χ0n) is 11.0. The van der Waals surface area contributed by atoms with Gasteiger partial charge in [-0.3, -0.25) is 0 Å². The summed E-state index contributed by atoms with van der Waals surface area (Å²) < 4.78 is 31.1. The number of esters is 1. The van der Waals surface area contributed by atoms with Gasteiger partial charge in [-0.25, -0.2) is 17.9 Å². The van der Waals surface area contributed by atoms with Crippen LogP contribution in [0.4, 0.5) is 0 Å². The predicted octanol–water partition coefficient (Wildman–Crippen LogP) is 0.441. The number of methoxy groups -OCH3 is 1. The van der Waals surface area contributed by atoms with Gasteiger partial charge in [0.2, 0.25) is 10.0 Å². The Morgan fingerprint density at radius 2 is 2.11 bits per heavy atom. The van der Waals surface area contributed by atoms with Crippen LogP contribution in [0.5, 0.6) is 0 Å². The molecule has 0 aliphatic heterocycles. The van der Waals surface area contributed by atoms with Crippen LogP contribution in [0.3, 0.4) is 0 Å². The normalized spacial score (nSPS) is 13.1. The van der Waals surface area contributed by atoms with Crippen LogP contribution in [-0.4, -0.2) is 39.3 Å². The number of carbonyl (C=O) groups excluding carboxylic acids is 1. The number of ether oxygens (including phenoxy) is 1. The third kappa shape index (κ3) is 3.76. The molecule has 6 nitrogen and oxygen atoms in total. The van der Waals surface area contributed by atoms with Gasteiger partial charge in [0.15, 0.2) is 0 Å². The summed E-state index contributed by atoms with van der Waals surface area (Å²) >= 11 is 0. The summed E-state index contributed by atoms with van der Waals surface area (Å²) in [5, 5.41) is 8.89. The molecule has 0 aliphatic carbocycles. The van der Waals surface area contributed by atoms with Gasteiger partial charge < -0.3 is 9.84 Å². The van der Waals surface area contributed by atoms with Crippen LogP contribution in [0, 0.1) is 6.92 Å². The van der Waals surface area contributed by atoms with E-state index in [0.717, 1.165) is 0 Å². The van der Waals surface area contributed by atoms with Gasteiger partial charge >= 0.3 is 5.97 Å². The number of nitrogens with one attached hydrogen (secondary N) is 1. The monoisotopic (exact) mass is 287 g/mol. The first-order valence-corrected chi connectivity index (χ1v) is 7.12. The maximum Gasteiger partial charge on any atom is 0.337 e. The third-order valence-electron chi connectivity index (χ3n) is 2.53. The Balaban J connectivity index is 3.22. The third-order valence-corrected chi connectivity index (χ3v) is 4.26. The Bertz CT molecular complexity index is 567. The van der Waals surface area contributed by atoms with Gasteiger partial charge in [0.05, 0.1) is 24.2 Å². The Labute approximate surface area is 112 Å². The van der Waals surface area contributed by atoms with Crippen molar-refractivity contribution < 1.29 is 23.1 Å². The van der Waals surface area contributed by atoms with Crippen molar-refractivity contribution in [3.05, 3.63) is 29.3 Å². The van der Waals surface area contributed by atoms with E-state index in [-0.39, 0.29) is 17.1 Å². The molecular weight excluding hydrogens is 270 g/mol. The van der Waals surface area contributed by atoms with Crippen LogP contribution in [0.2, 0.25) is 0 Å². The molecule has 19 heavy (non-hydrogen) atoms. The molecule has 0 radical (unpaired) electrons. The summed E-state index contributed by atoms with van der Waals surface area (Å²) in [6, 6.07) is 3.68. The Kier molecular flexibility index (Phi) is 5.04. The molecule has 0 aliphatic rings. The Morgan fingerprint density at radius 3 is 2.63 bits per heavy atom. The number of carbonyl (C=O) groups is 1. The highest BCUT2D eigenvalue weighted by molar-refractivity contribution is 7.89. The van der Waals surface area contributed by atoms with Crippen LogP contribution < -0.4 is 4.72 Å². The smallest absolute Gasteiger partial charge is 0.337 e. The van der Waals surface area contributed by atoms with Crippen LogP contribution in [0.15, 0.2) is 23.1 Å². The molecule has 0 bridgehead atoms. The summed E-state index contributed by atoms with van der Waals surface area (Å²) in [5.41, 5.74) is 0.662. The van der Waals surface area contributed by atoms with Crippen molar-refractivity contribution in [2.24, 2.45) is 0 Å². The lowest BCUT2D eigenvalue weighted by Crippen LogP contribution is -2.35. The highest BCUT2D eigenvalue weighted by atomic mass is 32.2. The Hall–Kier alpha value is -1.44. The molecule has 0 saturated carbocycles. The van der Waals surface area contributed by atoms with E-state index in [2.05, 4.69) is 9.46 Å². The summed E-state index contributed by atoms with van der Waals surface area (Å²) in [4.78, 5) is 11.4. The van der Waals surface area contributed by atoms with Gasteiger partial charge in [0.25, 0.3) is 0 Å². The molecule has 0 aromatic heterocycles. The summed E-state index contributed by atoms with van der Waals surface area (Å²) in [7, 11) is -2.56. The van der Waals surface area contributed by atoms with Crippen molar-refractivity contribution in [3.8, 4) is 0 Å². The van der Waals surface area contributed by atoms with E-state index in [9.17, 15) is 13.2 Å². The fourth-order valence-corrected chi connectivity index (χ4v) is 3.01. The van der Waals surface area contributed by atoms with E-state index in [0.29, 0.717) is 5.56 Å². The van der Waals surface area contributed by atoms with Crippen molar-refractivity contribution in [2.75, 3.05) is 13.7 Å². The van der Waals surface area contributed by atoms with Gasteiger partial charge in [-0.1, -0.05) is 6.07 Å². The fourth-order valence-electron chi connectivity index (χ4n) is 1.50. The van der Waals surface area contributed by atoms with Gasteiger partial charge in [0, 0.05) is 6.04 Å². The lowest BCUT2D eigenvalue weighted by atomic mass is 10.1. The molecule has 0 saturated heterocycles. The zero-order valence-corrected chi connectivity index (χ0v) is 11.8. The maximum atomic E-state index is 12.1. The number of rotatable bonds is 5. The average molecular weight is 287 g/mol. The van der Waals surface area contributed by atoms with E-state index in [1.165, 1.54) is 32.2 Å². The summed E-state index contributed by atoms with van der Waals surface area (Å²) in [5.74, 6) is -0.605. The molecule has 1 aromatic rings. The molecule has 106 valence electrons. The lowest BCUT2D eigenvalue weighted by molar-refractivity contribution is 0.0600. The van der Waals surface area contributed by atoms with Gasteiger partial charge in [0.1, 0.15) is 0 Å². The van der Waals surface area contributed by atoms with Gasteiger partial charge in [-0.05, 0) is 31.5 Å². The Morgan fingerprint density at radius 1 is 1.47 bits per heavy atom.